The van der Waals surface area contributed by atoms with Gasteiger partial charge in [-0.1, -0.05) is 0 Å². The number of carboxylic acid groups (broad SMARTS) is 1. The first-order valence-electron chi connectivity index (χ1n) is 5.01. The summed E-state index contributed by atoms with van der Waals surface area (Å²) in [4.78, 5) is 32.5. The first kappa shape index (κ1) is 14.4. The molecule has 0 aromatic rings. The molecule has 0 fully saturated rings. The van der Waals surface area contributed by atoms with Crippen molar-refractivity contribution in [2.24, 2.45) is 0 Å². The molecule has 0 heterocycles. The largest absolute Gasteiger partial charge is 0.481 e. The number of rotatable bonds is 6. The van der Waals surface area contributed by atoms with Gasteiger partial charge in [0.2, 0.25) is 5.91 Å². The van der Waals surface area contributed by atoms with Crippen LogP contribution in [0.25, 0.3) is 0 Å². The zero-order valence-electron chi connectivity index (χ0n) is 9.37. The summed E-state index contributed by atoms with van der Waals surface area (Å²) in [6.07, 6.45) is -0.0707. The summed E-state index contributed by atoms with van der Waals surface area (Å²) in [5.74, 6) is -1.43. The van der Waals surface area contributed by atoms with E-state index in [9.17, 15) is 14.4 Å². The summed E-state index contributed by atoms with van der Waals surface area (Å²) in [6, 6.07) is -1.17. The highest BCUT2D eigenvalue weighted by Gasteiger charge is 2.14. The minimum absolute atomic E-state index is 0.0707. The van der Waals surface area contributed by atoms with E-state index in [1.807, 2.05) is 0 Å². The van der Waals surface area contributed by atoms with E-state index in [0.29, 0.717) is 6.54 Å². The van der Waals surface area contributed by atoms with E-state index in [1.165, 1.54) is 0 Å². The molecular weight excluding hydrogens is 214 g/mol. The smallest absolute Gasteiger partial charge is 0.321 e. The van der Waals surface area contributed by atoms with Crippen LogP contribution in [0.15, 0.2) is 0 Å². The molecule has 7 heteroatoms. The molecular formula is C9H17N3O4. The zero-order chi connectivity index (χ0) is 12.6. The lowest BCUT2D eigenvalue weighted by atomic mass is 10.3. The first-order valence-corrected chi connectivity index (χ1v) is 5.01. The Morgan fingerprint density at radius 2 is 1.94 bits per heavy atom. The highest BCUT2D eigenvalue weighted by atomic mass is 16.4. The van der Waals surface area contributed by atoms with E-state index in [4.69, 9.17) is 5.11 Å². The van der Waals surface area contributed by atoms with Gasteiger partial charge in [-0.05, 0) is 13.8 Å². The minimum atomic E-state index is -0.941. The van der Waals surface area contributed by atoms with E-state index in [0.717, 1.165) is 0 Å². The van der Waals surface area contributed by atoms with Crippen LogP contribution < -0.4 is 16.0 Å². The van der Waals surface area contributed by atoms with Crippen molar-refractivity contribution >= 4 is 17.9 Å². The quantitative estimate of drug-likeness (QED) is 0.483. The highest BCUT2D eigenvalue weighted by Crippen LogP contribution is 1.84. The second-order valence-corrected chi connectivity index (χ2v) is 3.17. The number of carbonyl (C=O) groups is 3. The Morgan fingerprint density at radius 3 is 2.44 bits per heavy atom. The Bertz CT molecular complexity index is 267. The molecule has 4 N–H and O–H groups in total. The Kier molecular flexibility index (Phi) is 6.86. The highest BCUT2D eigenvalue weighted by molar-refractivity contribution is 5.96. The molecule has 0 bridgehead atoms. The molecule has 3 amide bonds. The molecule has 16 heavy (non-hydrogen) atoms. The maximum Gasteiger partial charge on any atom is 0.321 e. The summed E-state index contributed by atoms with van der Waals surface area (Å²) in [6.45, 7) is 3.90. The average Bonchev–Trinajstić information content (AvgIpc) is 2.17. The van der Waals surface area contributed by atoms with Crippen LogP contribution >= 0.6 is 0 Å². The summed E-state index contributed by atoms with van der Waals surface area (Å²) in [5, 5.41) is 15.6. The SMILES string of the molecule is CCNC(=O)NC(=O)C(C)NCCC(=O)O. The minimum Gasteiger partial charge on any atom is -0.481 e. The second kappa shape index (κ2) is 7.63. The number of aliphatic carboxylic acids is 1. The van der Waals surface area contributed by atoms with Gasteiger partial charge in [0, 0.05) is 13.1 Å². The lowest BCUT2D eigenvalue weighted by molar-refractivity contribution is -0.137. The molecule has 0 saturated heterocycles. The monoisotopic (exact) mass is 231 g/mol. The molecule has 0 aliphatic heterocycles. The predicted molar refractivity (Wildman–Crippen MR) is 56.9 cm³/mol. The van der Waals surface area contributed by atoms with Gasteiger partial charge in [0.05, 0.1) is 12.5 Å². The molecule has 0 spiro atoms. The van der Waals surface area contributed by atoms with Crippen LogP contribution in [-0.4, -0.2) is 42.1 Å². The molecule has 1 unspecified atom stereocenters. The first-order chi connectivity index (χ1) is 7.47. The van der Waals surface area contributed by atoms with Crippen LogP contribution in [0.1, 0.15) is 20.3 Å². The van der Waals surface area contributed by atoms with Gasteiger partial charge >= 0.3 is 12.0 Å². The number of hydrogen-bond acceptors (Lipinski definition) is 4. The van der Waals surface area contributed by atoms with Crippen molar-refractivity contribution in [1.82, 2.24) is 16.0 Å². The van der Waals surface area contributed by atoms with Gasteiger partial charge < -0.3 is 15.7 Å². The van der Waals surface area contributed by atoms with Crippen molar-refractivity contribution in [3.8, 4) is 0 Å². The Morgan fingerprint density at radius 1 is 1.31 bits per heavy atom. The number of nitrogens with one attached hydrogen (secondary N) is 3. The van der Waals surface area contributed by atoms with Gasteiger partial charge in [0.15, 0.2) is 0 Å². The number of hydrogen-bond donors (Lipinski definition) is 4. The predicted octanol–water partition coefficient (Wildman–Crippen LogP) is -0.715. The maximum absolute atomic E-state index is 11.3. The third-order valence-electron chi connectivity index (χ3n) is 1.76. The summed E-state index contributed by atoms with van der Waals surface area (Å²) in [7, 11) is 0. The van der Waals surface area contributed by atoms with E-state index in [-0.39, 0.29) is 13.0 Å². The Hall–Kier alpha value is -1.63. The molecule has 1 atom stereocenters. The van der Waals surface area contributed by atoms with E-state index >= 15 is 0 Å². The van der Waals surface area contributed by atoms with Gasteiger partial charge in [0.25, 0.3) is 0 Å². The molecule has 0 saturated carbocycles. The Labute approximate surface area is 93.6 Å². The summed E-state index contributed by atoms with van der Waals surface area (Å²) >= 11 is 0. The fourth-order valence-electron chi connectivity index (χ4n) is 0.913. The van der Waals surface area contributed by atoms with Crippen molar-refractivity contribution in [3.63, 3.8) is 0 Å². The van der Waals surface area contributed by atoms with Crippen molar-refractivity contribution in [1.29, 1.82) is 0 Å². The standard InChI is InChI=1S/C9H17N3O4/c1-3-10-9(16)12-8(15)6(2)11-5-4-7(13)14/h6,11H,3-5H2,1-2H3,(H,13,14)(H2,10,12,15,16). The van der Waals surface area contributed by atoms with Crippen molar-refractivity contribution < 1.29 is 19.5 Å². The number of amides is 3. The molecule has 0 aliphatic carbocycles. The van der Waals surface area contributed by atoms with Crippen molar-refractivity contribution in [3.05, 3.63) is 0 Å². The van der Waals surface area contributed by atoms with Crippen LogP contribution in [-0.2, 0) is 9.59 Å². The fraction of sp³-hybridized carbons (Fsp3) is 0.667. The van der Waals surface area contributed by atoms with Crippen molar-refractivity contribution in [2.45, 2.75) is 26.3 Å². The van der Waals surface area contributed by atoms with Gasteiger partial charge in [-0.25, -0.2) is 4.79 Å². The van der Waals surface area contributed by atoms with E-state index in [2.05, 4.69) is 16.0 Å². The fourth-order valence-corrected chi connectivity index (χ4v) is 0.913. The number of urea groups is 1. The zero-order valence-corrected chi connectivity index (χ0v) is 9.37. The van der Waals surface area contributed by atoms with Crippen LogP contribution in [0.4, 0.5) is 4.79 Å². The van der Waals surface area contributed by atoms with Crippen molar-refractivity contribution in [2.75, 3.05) is 13.1 Å². The van der Waals surface area contributed by atoms with Crippen LogP contribution in [0.3, 0.4) is 0 Å². The van der Waals surface area contributed by atoms with E-state index < -0.39 is 23.9 Å². The normalized spacial score (nSPS) is 11.6. The molecule has 0 rings (SSSR count). The maximum atomic E-state index is 11.3. The lowest BCUT2D eigenvalue weighted by Crippen LogP contribution is -2.48. The second-order valence-electron chi connectivity index (χ2n) is 3.17. The molecule has 0 aromatic heterocycles. The Balaban J connectivity index is 3.81. The van der Waals surface area contributed by atoms with Crippen LogP contribution in [0, 0.1) is 0 Å². The molecule has 0 aromatic carbocycles. The molecule has 0 radical (unpaired) electrons. The van der Waals surface area contributed by atoms with Crippen LogP contribution in [0.5, 0.6) is 0 Å². The third kappa shape index (κ3) is 6.77. The lowest BCUT2D eigenvalue weighted by Gasteiger charge is -2.12. The molecule has 7 nitrogen and oxygen atoms in total. The molecule has 0 aliphatic rings. The number of imide groups is 1. The average molecular weight is 231 g/mol. The number of carbonyl (C=O) groups excluding carboxylic acids is 2. The third-order valence-corrected chi connectivity index (χ3v) is 1.76. The van der Waals surface area contributed by atoms with Crippen LogP contribution in [0.2, 0.25) is 0 Å². The van der Waals surface area contributed by atoms with Gasteiger partial charge in [-0.15, -0.1) is 0 Å². The van der Waals surface area contributed by atoms with Gasteiger partial charge in [-0.3, -0.25) is 14.9 Å². The van der Waals surface area contributed by atoms with E-state index in [1.54, 1.807) is 13.8 Å². The summed E-state index contributed by atoms with van der Waals surface area (Å²) < 4.78 is 0. The van der Waals surface area contributed by atoms with Gasteiger partial charge in [-0.2, -0.15) is 0 Å². The number of carboxylic acids is 1. The molecule has 92 valence electrons. The topological polar surface area (TPSA) is 108 Å². The summed E-state index contributed by atoms with van der Waals surface area (Å²) in [5.41, 5.74) is 0. The van der Waals surface area contributed by atoms with Gasteiger partial charge in [0.1, 0.15) is 0 Å².